The first-order valence-electron chi connectivity index (χ1n) is 7.90. The normalized spacial score (nSPS) is 24.2. The fourth-order valence-corrected chi connectivity index (χ4v) is 4.14. The molecule has 0 radical (unpaired) electrons. The van der Waals surface area contributed by atoms with Gasteiger partial charge in [-0.1, -0.05) is 17.7 Å². The fourth-order valence-electron chi connectivity index (χ4n) is 3.85. The molecular weight excluding hydrogens is 282 g/mol. The Labute approximate surface area is 132 Å². The number of rotatable bonds is 2. The second-order valence-corrected chi connectivity index (χ2v) is 6.60. The van der Waals surface area contributed by atoms with E-state index in [1.807, 2.05) is 18.2 Å². The second-order valence-electron chi connectivity index (χ2n) is 6.20. The van der Waals surface area contributed by atoms with Gasteiger partial charge in [0.05, 0.1) is 16.3 Å². The average molecular weight is 304 g/mol. The van der Waals surface area contributed by atoms with Gasteiger partial charge in [0.25, 0.3) is 0 Å². The van der Waals surface area contributed by atoms with Crippen molar-refractivity contribution in [3.05, 3.63) is 28.8 Å². The highest BCUT2D eigenvalue weighted by molar-refractivity contribution is 6.33. The fraction of sp³-hybridized carbons (Fsp3) is 0.588. The largest absolute Gasteiger partial charge is 0.369 e. The van der Waals surface area contributed by atoms with E-state index < -0.39 is 0 Å². The van der Waals surface area contributed by atoms with E-state index >= 15 is 0 Å². The molecule has 0 amide bonds. The Balaban J connectivity index is 1.70. The van der Waals surface area contributed by atoms with Crippen molar-refractivity contribution in [2.24, 2.45) is 0 Å². The van der Waals surface area contributed by atoms with Gasteiger partial charge in [-0.2, -0.15) is 5.26 Å². The van der Waals surface area contributed by atoms with E-state index in [0.717, 1.165) is 24.8 Å². The standard InChI is InChI=1S/C17H22ClN3/c1-13-4-3-9-21(13)15-7-10-20(11-8-15)17-14(12-19)5-2-6-16(17)18/h2,5-6,13,15H,3-4,7-11H2,1H3. The van der Waals surface area contributed by atoms with Gasteiger partial charge in [-0.15, -0.1) is 0 Å². The first kappa shape index (κ1) is 14.7. The number of piperidine rings is 1. The third-order valence-electron chi connectivity index (χ3n) is 4.96. The zero-order valence-corrected chi connectivity index (χ0v) is 13.3. The molecular formula is C17H22ClN3. The number of nitrogens with zero attached hydrogens (tertiary/aromatic N) is 3. The van der Waals surface area contributed by atoms with Crippen molar-refractivity contribution < 1.29 is 0 Å². The number of halogens is 1. The maximum Gasteiger partial charge on any atom is 0.101 e. The molecule has 1 atom stereocenters. The predicted octanol–water partition coefficient (Wildman–Crippen LogP) is 3.66. The smallest absolute Gasteiger partial charge is 0.101 e. The summed E-state index contributed by atoms with van der Waals surface area (Å²) in [6.45, 7) is 5.58. The number of benzene rings is 1. The van der Waals surface area contributed by atoms with Crippen LogP contribution in [0, 0.1) is 11.3 Å². The van der Waals surface area contributed by atoms with Crippen LogP contribution in [0.4, 0.5) is 5.69 Å². The molecule has 0 spiro atoms. The van der Waals surface area contributed by atoms with Gasteiger partial charge in [-0.05, 0) is 51.3 Å². The molecule has 112 valence electrons. The highest BCUT2D eigenvalue weighted by Crippen LogP contribution is 2.33. The minimum Gasteiger partial charge on any atom is -0.369 e. The van der Waals surface area contributed by atoms with Crippen molar-refractivity contribution in [1.82, 2.24) is 4.90 Å². The number of hydrogen-bond acceptors (Lipinski definition) is 3. The Kier molecular flexibility index (Phi) is 4.37. The first-order valence-corrected chi connectivity index (χ1v) is 8.28. The molecule has 2 aliphatic rings. The van der Waals surface area contributed by atoms with E-state index in [-0.39, 0.29) is 0 Å². The molecule has 1 aromatic rings. The molecule has 3 rings (SSSR count). The van der Waals surface area contributed by atoms with Crippen LogP contribution in [-0.2, 0) is 0 Å². The summed E-state index contributed by atoms with van der Waals surface area (Å²) >= 11 is 6.32. The highest BCUT2D eigenvalue weighted by Gasteiger charge is 2.31. The van der Waals surface area contributed by atoms with E-state index in [2.05, 4.69) is 22.8 Å². The molecule has 4 heteroatoms. The van der Waals surface area contributed by atoms with Crippen molar-refractivity contribution in [2.45, 2.75) is 44.7 Å². The molecule has 0 saturated carbocycles. The van der Waals surface area contributed by atoms with Gasteiger partial charge in [0.15, 0.2) is 0 Å². The Hall–Kier alpha value is -1.24. The van der Waals surface area contributed by atoms with Crippen LogP contribution >= 0.6 is 11.6 Å². The Morgan fingerprint density at radius 3 is 2.57 bits per heavy atom. The summed E-state index contributed by atoms with van der Waals surface area (Å²) in [5.74, 6) is 0. The molecule has 21 heavy (non-hydrogen) atoms. The minimum atomic E-state index is 0.690. The third kappa shape index (κ3) is 2.88. The lowest BCUT2D eigenvalue weighted by Gasteiger charge is -2.40. The van der Waals surface area contributed by atoms with E-state index in [9.17, 15) is 5.26 Å². The molecule has 2 saturated heterocycles. The van der Waals surface area contributed by atoms with Crippen LogP contribution in [-0.4, -0.2) is 36.6 Å². The molecule has 0 bridgehead atoms. The monoisotopic (exact) mass is 303 g/mol. The van der Waals surface area contributed by atoms with Crippen LogP contribution in [0.3, 0.4) is 0 Å². The number of anilines is 1. The first-order chi connectivity index (χ1) is 10.2. The number of para-hydroxylation sites is 1. The summed E-state index contributed by atoms with van der Waals surface area (Å²) in [6, 6.07) is 9.29. The molecule has 2 aliphatic heterocycles. The quantitative estimate of drug-likeness (QED) is 0.835. The van der Waals surface area contributed by atoms with Gasteiger partial charge < -0.3 is 4.90 Å². The lowest BCUT2D eigenvalue weighted by Crippen LogP contribution is -2.46. The van der Waals surface area contributed by atoms with Crippen LogP contribution < -0.4 is 4.90 Å². The van der Waals surface area contributed by atoms with Crippen molar-refractivity contribution in [1.29, 1.82) is 5.26 Å². The van der Waals surface area contributed by atoms with E-state index in [4.69, 9.17) is 11.6 Å². The van der Waals surface area contributed by atoms with Crippen LogP contribution in [0.2, 0.25) is 5.02 Å². The lowest BCUT2D eigenvalue weighted by atomic mass is 10.0. The molecule has 2 fully saturated rings. The Bertz CT molecular complexity index is 543. The van der Waals surface area contributed by atoms with Gasteiger partial charge >= 0.3 is 0 Å². The highest BCUT2D eigenvalue weighted by atomic mass is 35.5. The summed E-state index contributed by atoms with van der Waals surface area (Å²) in [6.07, 6.45) is 5.01. The van der Waals surface area contributed by atoms with Crippen molar-refractivity contribution in [3.8, 4) is 6.07 Å². The molecule has 2 heterocycles. The van der Waals surface area contributed by atoms with Crippen LogP contribution in [0.5, 0.6) is 0 Å². The van der Waals surface area contributed by atoms with Crippen molar-refractivity contribution in [3.63, 3.8) is 0 Å². The van der Waals surface area contributed by atoms with Gasteiger partial charge in [-0.25, -0.2) is 0 Å². The minimum absolute atomic E-state index is 0.690. The number of hydrogen-bond donors (Lipinski definition) is 0. The van der Waals surface area contributed by atoms with Crippen LogP contribution in [0.1, 0.15) is 38.2 Å². The zero-order valence-electron chi connectivity index (χ0n) is 12.6. The zero-order chi connectivity index (χ0) is 14.8. The topological polar surface area (TPSA) is 30.3 Å². The molecule has 1 aromatic carbocycles. The van der Waals surface area contributed by atoms with E-state index in [1.165, 1.54) is 32.2 Å². The Morgan fingerprint density at radius 1 is 1.19 bits per heavy atom. The van der Waals surface area contributed by atoms with Crippen molar-refractivity contribution in [2.75, 3.05) is 24.5 Å². The lowest BCUT2D eigenvalue weighted by molar-refractivity contribution is 0.163. The third-order valence-corrected chi connectivity index (χ3v) is 5.27. The van der Waals surface area contributed by atoms with Crippen LogP contribution in [0.15, 0.2) is 18.2 Å². The summed E-state index contributed by atoms with van der Waals surface area (Å²) in [7, 11) is 0. The summed E-state index contributed by atoms with van der Waals surface area (Å²) in [4.78, 5) is 4.97. The molecule has 1 unspecified atom stereocenters. The van der Waals surface area contributed by atoms with Gasteiger partial charge in [0, 0.05) is 25.2 Å². The van der Waals surface area contributed by atoms with Gasteiger partial charge in [-0.3, -0.25) is 4.90 Å². The predicted molar refractivity (Wildman–Crippen MR) is 86.8 cm³/mol. The van der Waals surface area contributed by atoms with Gasteiger partial charge in [0.1, 0.15) is 6.07 Å². The second kappa shape index (κ2) is 6.25. The summed E-state index contributed by atoms with van der Waals surface area (Å²) < 4.78 is 0. The van der Waals surface area contributed by atoms with Gasteiger partial charge in [0.2, 0.25) is 0 Å². The number of nitriles is 1. The van der Waals surface area contributed by atoms with Crippen LogP contribution in [0.25, 0.3) is 0 Å². The summed E-state index contributed by atoms with van der Waals surface area (Å²) in [5, 5.41) is 9.99. The Morgan fingerprint density at radius 2 is 1.95 bits per heavy atom. The van der Waals surface area contributed by atoms with E-state index in [0.29, 0.717) is 16.6 Å². The molecule has 3 nitrogen and oxygen atoms in total. The molecule has 0 aromatic heterocycles. The summed E-state index contributed by atoms with van der Waals surface area (Å²) in [5.41, 5.74) is 1.62. The molecule has 0 aliphatic carbocycles. The number of likely N-dealkylation sites (tertiary alicyclic amines) is 1. The average Bonchev–Trinajstić information content (AvgIpc) is 2.93. The van der Waals surface area contributed by atoms with Crippen molar-refractivity contribution >= 4 is 17.3 Å². The maximum absolute atomic E-state index is 9.29. The molecule has 0 N–H and O–H groups in total. The maximum atomic E-state index is 9.29. The SMILES string of the molecule is CC1CCCN1C1CCN(c2c(Cl)cccc2C#N)CC1. The van der Waals surface area contributed by atoms with E-state index in [1.54, 1.807) is 0 Å².